The van der Waals surface area contributed by atoms with Crippen LogP contribution in [0.25, 0.3) is 0 Å². The van der Waals surface area contributed by atoms with E-state index in [1.807, 2.05) is 0 Å². The molecule has 0 amide bonds. The van der Waals surface area contributed by atoms with Crippen LogP contribution in [0.1, 0.15) is 19.3 Å². The third kappa shape index (κ3) is 1.45. The normalized spacial score (nSPS) is 43.5. The minimum absolute atomic E-state index is 0.377. The molecule has 1 aliphatic heterocycles. The third-order valence-corrected chi connectivity index (χ3v) is 2.87. The van der Waals surface area contributed by atoms with Gasteiger partial charge in [0.1, 0.15) is 6.29 Å². The maximum atomic E-state index is 10.4. The molecule has 2 fully saturated rings. The van der Waals surface area contributed by atoms with Gasteiger partial charge in [0.2, 0.25) is 0 Å². The molecule has 0 bridgehead atoms. The molecule has 3 atom stereocenters. The lowest BCUT2D eigenvalue weighted by Crippen LogP contribution is -2.19. The molecular formula is C9H14O2. The van der Waals surface area contributed by atoms with Gasteiger partial charge >= 0.3 is 0 Å². The summed E-state index contributed by atoms with van der Waals surface area (Å²) in [7, 11) is 0. The van der Waals surface area contributed by atoms with Gasteiger partial charge in [0.15, 0.2) is 0 Å². The molecular weight excluding hydrogens is 140 g/mol. The van der Waals surface area contributed by atoms with Crippen LogP contribution in [-0.2, 0) is 9.53 Å². The van der Waals surface area contributed by atoms with E-state index in [9.17, 15) is 4.79 Å². The zero-order valence-electron chi connectivity index (χ0n) is 6.66. The molecule has 11 heavy (non-hydrogen) atoms. The number of carbonyl (C=O) groups is 1. The van der Waals surface area contributed by atoms with E-state index in [1.54, 1.807) is 0 Å². The Morgan fingerprint density at radius 3 is 2.91 bits per heavy atom. The summed E-state index contributed by atoms with van der Waals surface area (Å²) in [6, 6.07) is 0. The Hall–Kier alpha value is -0.370. The van der Waals surface area contributed by atoms with Crippen molar-refractivity contribution in [3.63, 3.8) is 0 Å². The fraction of sp³-hybridized carbons (Fsp3) is 0.889. The first-order valence-corrected chi connectivity index (χ1v) is 4.45. The highest BCUT2D eigenvalue weighted by atomic mass is 16.5. The molecule has 0 N–H and O–H groups in total. The highest BCUT2D eigenvalue weighted by Gasteiger charge is 2.42. The second-order valence-electron chi connectivity index (χ2n) is 3.68. The van der Waals surface area contributed by atoms with Gasteiger partial charge in [-0.1, -0.05) is 0 Å². The predicted molar refractivity (Wildman–Crippen MR) is 41.2 cm³/mol. The van der Waals surface area contributed by atoms with Crippen molar-refractivity contribution < 1.29 is 9.53 Å². The molecule has 0 aromatic carbocycles. The third-order valence-electron chi connectivity index (χ3n) is 2.87. The van der Waals surface area contributed by atoms with Crippen LogP contribution in [0.3, 0.4) is 0 Å². The van der Waals surface area contributed by atoms with Crippen LogP contribution in [0.2, 0.25) is 0 Å². The minimum atomic E-state index is 0.377. The monoisotopic (exact) mass is 154 g/mol. The molecule has 2 nitrogen and oxygen atoms in total. The number of hydrogen-bond acceptors (Lipinski definition) is 2. The van der Waals surface area contributed by atoms with Crippen molar-refractivity contribution in [2.75, 3.05) is 13.2 Å². The van der Waals surface area contributed by atoms with Crippen molar-refractivity contribution in [1.82, 2.24) is 0 Å². The summed E-state index contributed by atoms with van der Waals surface area (Å²) in [5.74, 6) is 1.74. The molecule has 0 unspecified atom stereocenters. The lowest BCUT2D eigenvalue weighted by atomic mass is 9.96. The van der Waals surface area contributed by atoms with Crippen molar-refractivity contribution in [1.29, 1.82) is 0 Å². The van der Waals surface area contributed by atoms with E-state index in [4.69, 9.17) is 4.74 Å². The van der Waals surface area contributed by atoms with E-state index in [2.05, 4.69) is 0 Å². The fourth-order valence-corrected chi connectivity index (χ4v) is 2.04. The van der Waals surface area contributed by atoms with Gasteiger partial charge in [-0.15, -0.1) is 0 Å². The number of aldehydes is 1. The van der Waals surface area contributed by atoms with Gasteiger partial charge in [-0.05, 0) is 31.1 Å². The summed E-state index contributed by atoms with van der Waals surface area (Å²) in [4.78, 5) is 10.4. The molecule has 1 heterocycles. The lowest BCUT2D eigenvalue weighted by Gasteiger charge is -2.21. The molecule has 1 saturated carbocycles. The highest BCUT2D eigenvalue weighted by Crippen LogP contribution is 2.45. The Labute approximate surface area is 66.9 Å². The molecule has 2 aliphatic rings. The van der Waals surface area contributed by atoms with Crippen LogP contribution < -0.4 is 0 Å². The Kier molecular flexibility index (Phi) is 1.95. The second kappa shape index (κ2) is 2.94. The van der Waals surface area contributed by atoms with Crippen molar-refractivity contribution in [3.8, 4) is 0 Å². The van der Waals surface area contributed by atoms with Gasteiger partial charge in [0, 0.05) is 19.1 Å². The van der Waals surface area contributed by atoms with Gasteiger partial charge in [-0.25, -0.2) is 0 Å². The standard InChI is InChI=1S/C9H14O2/c10-5-8-4-9(8)7-2-1-3-11-6-7/h5,7-9H,1-4,6H2/t7-,8-,9+/m0/s1. The Balaban J connectivity index is 1.81. The molecule has 0 spiro atoms. The van der Waals surface area contributed by atoms with E-state index in [0.29, 0.717) is 17.8 Å². The molecule has 2 rings (SSSR count). The van der Waals surface area contributed by atoms with Gasteiger partial charge < -0.3 is 9.53 Å². The summed E-state index contributed by atoms with van der Waals surface area (Å²) in [6.45, 7) is 1.82. The van der Waals surface area contributed by atoms with Gasteiger partial charge in [0.25, 0.3) is 0 Å². The predicted octanol–water partition coefficient (Wildman–Crippen LogP) is 1.25. The topological polar surface area (TPSA) is 26.3 Å². The highest BCUT2D eigenvalue weighted by molar-refractivity contribution is 5.58. The summed E-state index contributed by atoms with van der Waals surface area (Å²) in [5.41, 5.74) is 0. The molecule has 1 saturated heterocycles. The number of carbonyl (C=O) groups excluding carboxylic acids is 1. The Morgan fingerprint density at radius 1 is 1.45 bits per heavy atom. The molecule has 1 aliphatic carbocycles. The first kappa shape index (κ1) is 7.29. The summed E-state index contributed by atoms with van der Waals surface area (Å²) < 4.78 is 5.36. The maximum Gasteiger partial charge on any atom is 0.123 e. The van der Waals surface area contributed by atoms with E-state index in [0.717, 1.165) is 25.9 Å². The lowest BCUT2D eigenvalue weighted by molar-refractivity contribution is -0.109. The minimum Gasteiger partial charge on any atom is -0.381 e. The largest absolute Gasteiger partial charge is 0.381 e. The summed E-state index contributed by atoms with van der Waals surface area (Å²) in [5, 5.41) is 0. The van der Waals surface area contributed by atoms with Crippen molar-refractivity contribution in [3.05, 3.63) is 0 Å². The fourth-order valence-electron chi connectivity index (χ4n) is 2.04. The van der Waals surface area contributed by atoms with Crippen LogP contribution in [0.5, 0.6) is 0 Å². The zero-order chi connectivity index (χ0) is 7.68. The summed E-state index contributed by atoms with van der Waals surface area (Å²) >= 11 is 0. The number of rotatable bonds is 2. The zero-order valence-corrected chi connectivity index (χ0v) is 6.66. The van der Waals surface area contributed by atoms with Crippen molar-refractivity contribution in [2.45, 2.75) is 19.3 Å². The van der Waals surface area contributed by atoms with Crippen LogP contribution in [0, 0.1) is 17.8 Å². The average molecular weight is 154 g/mol. The van der Waals surface area contributed by atoms with Crippen molar-refractivity contribution in [2.24, 2.45) is 17.8 Å². The van der Waals surface area contributed by atoms with Crippen molar-refractivity contribution >= 4 is 6.29 Å². The first-order valence-electron chi connectivity index (χ1n) is 4.45. The van der Waals surface area contributed by atoms with E-state index in [-0.39, 0.29) is 0 Å². The van der Waals surface area contributed by atoms with Gasteiger partial charge in [-0.2, -0.15) is 0 Å². The van der Waals surface area contributed by atoms with Crippen LogP contribution in [0.4, 0.5) is 0 Å². The molecule has 0 aromatic heterocycles. The van der Waals surface area contributed by atoms with E-state index in [1.165, 1.54) is 12.8 Å². The summed E-state index contributed by atoms with van der Waals surface area (Å²) in [6.07, 6.45) is 4.69. The first-order chi connectivity index (χ1) is 5.42. The van der Waals surface area contributed by atoms with Crippen LogP contribution >= 0.6 is 0 Å². The molecule has 0 radical (unpaired) electrons. The molecule has 62 valence electrons. The van der Waals surface area contributed by atoms with E-state index < -0.39 is 0 Å². The van der Waals surface area contributed by atoms with Gasteiger partial charge in [-0.3, -0.25) is 0 Å². The maximum absolute atomic E-state index is 10.4. The quantitative estimate of drug-likeness (QED) is 0.559. The van der Waals surface area contributed by atoms with Gasteiger partial charge in [0.05, 0.1) is 0 Å². The van der Waals surface area contributed by atoms with Crippen LogP contribution in [-0.4, -0.2) is 19.5 Å². The Morgan fingerprint density at radius 2 is 2.36 bits per heavy atom. The van der Waals surface area contributed by atoms with E-state index >= 15 is 0 Å². The smallest absolute Gasteiger partial charge is 0.123 e. The Bertz CT molecular complexity index is 150. The average Bonchev–Trinajstić information content (AvgIpc) is 2.85. The molecule has 0 aromatic rings. The molecule has 2 heteroatoms. The van der Waals surface area contributed by atoms with Crippen LogP contribution in [0.15, 0.2) is 0 Å². The second-order valence-corrected chi connectivity index (χ2v) is 3.68. The SMILES string of the molecule is O=C[C@@H]1C[C@@H]1[C@H]1CCCOC1. The number of ether oxygens (including phenoxy) is 1. The number of hydrogen-bond donors (Lipinski definition) is 0.